The maximum atomic E-state index is 8.87. The van der Waals surface area contributed by atoms with Gasteiger partial charge in [-0.25, -0.2) is 0 Å². The molecule has 0 heterocycles. The third-order valence-corrected chi connectivity index (χ3v) is 4.64. The monoisotopic (exact) mass is 403 g/mol. The van der Waals surface area contributed by atoms with Crippen LogP contribution in [0, 0.1) is 11.3 Å². The average Bonchev–Trinajstić information content (AvgIpc) is 2.76. The van der Waals surface area contributed by atoms with Crippen molar-refractivity contribution in [2.24, 2.45) is 0 Å². The predicted octanol–water partition coefficient (Wildman–Crippen LogP) is 4.63. The second kappa shape index (κ2) is 12.4. The standard InChI is InChI=1S/C22H26ClNO4/c1-3-20(27-15-22(12-23)25-2)14-26-16-28-21-10-8-19(9-11-21)18-6-4-17(13-24)5-7-18/h4-11,20,22H,3,12,14-16H2,1-2H3. The molecule has 0 saturated carbocycles. The lowest BCUT2D eigenvalue weighted by molar-refractivity contribution is -0.0769. The minimum Gasteiger partial charge on any atom is -0.468 e. The van der Waals surface area contributed by atoms with Gasteiger partial charge in [-0.15, -0.1) is 11.6 Å². The molecule has 0 N–H and O–H groups in total. The summed E-state index contributed by atoms with van der Waals surface area (Å²) in [4.78, 5) is 0. The first-order valence-electron chi connectivity index (χ1n) is 9.21. The van der Waals surface area contributed by atoms with Crippen LogP contribution in [0.4, 0.5) is 0 Å². The van der Waals surface area contributed by atoms with E-state index >= 15 is 0 Å². The predicted molar refractivity (Wildman–Crippen MR) is 110 cm³/mol. The zero-order valence-corrected chi connectivity index (χ0v) is 17.0. The van der Waals surface area contributed by atoms with Gasteiger partial charge in [-0.05, 0) is 41.8 Å². The molecule has 0 aliphatic carbocycles. The summed E-state index contributed by atoms with van der Waals surface area (Å²) in [5.41, 5.74) is 2.76. The van der Waals surface area contributed by atoms with Crippen LogP contribution in [0.1, 0.15) is 18.9 Å². The normalized spacial score (nSPS) is 12.9. The molecule has 0 aliphatic heterocycles. The Kier molecular flexibility index (Phi) is 9.81. The van der Waals surface area contributed by atoms with E-state index in [1.54, 1.807) is 7.11 Å². The van der Waals surface area contributed by atoms with E-state index in [1.807, 2.05) is 55.5 Å². The molecule has 0 saturated heterocycles. The van der Waals surface area contributed by atoms with E-state index in [0.29, 0.717) is 24.7 Å². The molecule has 2 atom stereocenters. The number of rotatable bonds is 12. The summed E-state index contributed by atoms with van der Waals surface area (Å²) in [6.07, 6.45) is 0.697. The Hall–Kier alpha value is -2.10. The van der Waals surface area contributed by atoms with E-state index in [-0.39, 0.29) is 19.0 Å². The minimum absolute atomic E-state index is 0.0248. The molecule has 2 rings (SSSR count). The Morgan fingerprint density at radius 3 is 2.14 bits per heavy atom. The lowest BCUT2D eigenvalue weighted by Gasteiger charge is -2.19. The van der Waals surface area contributed by atoms with Gasteiger partial charge in [0, 0.05) is 7.11 Å². The number of hydrogen-bond donors (Lipinski definition) is 0. The molecule has 0 aromatic heterocycles. The Labute approximate surface area is 171 Å². The van der Waals surface area contributed by atoms with Crippen molar-refractivity contribution in [3.05, 3.63) is 54.1 Å². The van der Waals surface area contributed by atoms with Gasteiger partial charge in [-0.1, -0.05) is 31.2 Å². The van der Waals surface area contributed by atoms with Gasteiger partial charge in [-0.3, -0.25) is 0 Å². The molecule has 28 heavy (non-hydrogen) atoms. The summed E-state index contributed by atoms with van der Waals surface area (Å²) >= 11 is 5.78. The van der Waals surface area contributed by atoms with Crippen LogP contribution in [0.2, 0.25) is 0 Å². The molecule has 0 radical (unpaired) electrons. The summed E-state index contributed by atoms with van der Waals surface area (Å²) in [6, 6.07) is 17.3. The first-order valence-corrected chi connectivity index (χ1v) is 9.75. The zero-order valence-electron chi connectivity index (χ0n) is 16.3. The van der Waals surface area contributed by atoms with Crippen molar-refractivity contribution in [1.82, 2.24) is 0 Å². The molecule has 150 valence electrons. The Morgan fingerprint density at radius 2 is 1.61 bits per heavy atom. The highest BCUT2D eigenvalue weighted by atomic mass is 35.5. The molecule has 0 bridgehead atoms. The minimum atomic E-state index is -0.110. The van der Waals surface area contributed by atoms with Crippen LogP contribution in [0.5, 0.6) is 5.75 Å². The van der Waals surface area contributed by atoms with E-state index in [1.165, 1.54) is 0 Å². The molecule has 2 aromatic carbocycles. The Morgan fingerprint density at radius 1 is 0.964 bits per heavy atom. The van der Waals surface area contributed by atoms with E-state index in [9.17, 15) is 0 Å². The van der Waals surface area contributed by atoms with Crippen LogP contribution in [-0.4, -0.2) is 45.2 Å². The highest BCUT2D eigenvalue weighted by molar-refractivity contribution is 6.18. The number of alkyl halides is 1. The summed E-state index contributed by atoms with van der Waals surface area (Å²) in [5.74, 6) is 1.13. The van der Waals surface area contributed by atoms with Crippen molar-refractivity contribution in [2.45, 2.75) is 25.6 Å². The molecule has 2 aromatic rings. The lowest BCUT2D eigenvalue weighted by Crippen LogP contribution is -2.27. The van der Waals surface area contributed by atoms with Crippen molar-refractivity contribution in [3.63, 3.8) is 0 Å². The van der Waals surface area contributed by atoms with Gasteiger partial charge < -0.3 is 18.9 Å². The van der Waals surface area contributed by atoms with Gasteiger partial charge in [-0.2, -0.15) is 5.26 Å². The van der Waals surface area contributed by atoms with Crippen LogP contribution in [0.15, 0.2) is 48.5 Å². The number of nitriles is 1. The van der Waals surface area contributed by atoms with Crippen molar-refractivity contribution >= 4 is 11.6 Å². The quantitative estimate of drug-likeness (QED) is 0.294. The summed E-state index contributed by atoms with van der Waals surface area (Å²) in [6.45, 7) is 3.08. The van der Waals surface area contributed by atoms with Crippen LogP contribution in [0.25, 0.3) is 11.1 Å². The Bertz CT molecular complexity index is 724. The highest BCUT2D eigenvalue weighted by Crippen LogP contribution is 2.22. The summed E-state index contributed by atoms with van der Waals surface area (Å²) < 4.78 is 22.2. The molecular weight excluding hydrogens is 378 g/mol. The molecule has 0 fully saturated rings. The molecule has 0 amide bonds. The van der Waals surface area contributed by atoms with Crippen molar-refractivity contribution in [2.75, 3.05) is 33.0 Å². The number of ether oxygens (including phenoxy) is 4. The number of halogens is 1. The maximum absolute atomic E-state index is 8.87. The van der Waals surface area contributed by atoms with E-state index in [0.717, 1.165) is 23.3 Å². The van der Waals surface area contributed by atoms with Crippen molar-refractivity contribution in [3.8, 4) is 22.9 Å². The largest absolute Gasteiger partial charge is 0.468 e. The van der Waals surface area contributed by atoms with Crippen LogP contribution in [-0.2, 0) is 14.2 Å². The van der Waals surface area contributed by atoms with Gasteiger partial charge in [0.05, 0.1) is 42.9 Å². The molecular formula is C22H26ClNO4. The van der Waals surface area contributed by atoms with Crippen LogP contribution in [0.3, 0.4) is 0 Å². The first kappa shape index (κ1) is 22.2. The van der Waals surface area contributed by atoms with E-state index in [2.05, 4.69) is 6.07 Å². The SMILES string of the molecule is CCC(COCOc1ccc(-c2ccc(C#N)cc2)cc1)OCC(CCl)OC. The third kappa shape index (κ3) is 7.14. The molecule has 2 unspecified atom stereocenters. The maximum Gasteiger partial charge on any atom is 0.189 e. The third-order valence-electron chi connectivity index (χ3n) is 4.29. The highest BCUT2D eigenvalue weighted by Gasteiger charge is 2.12. The first-order chi connectivity index (χ1) is 13.7. The molecule has 6 heteroatoms. The van der Waals surface area contributed by atoms with E-state index in [4.69, 9.17) is 35.8 Å². The lowest BCUT2D eigenvalue weighted by atomic mass is 10.0. The number of benzene rings is 2. The molecule has 0 spiro atoms. The number of hydrogen-bond acceptors (Lipinski definition) is 5. The van der Waals surface area contributed by atoms with Gasteiger partial charge in [0.2, 0.25) is 0 Å². The fraction of sp³-hybridized carbons (Fsp3) is 0.409. The molecule has 5 nitrogen and oxygen atoms in total. The zero-order chi connectivity index (χ0) is 20.2. The van der Waals surface area contributed by atoms with Gasteiger partial charge >= 0.3 is 0 Å². The second-order valence-electron chi connectivity index (χ2n) is 6.22. The van der Waals surface area contributed by atoms with Crippen molar-refractivity contribution < 1.29 is 18.9 Å². The number of methoxy groups -OCH3 is 1. The fourth-order valence-corrected chi connectivity index (χ4v) is 2.69. The van der Waals surface area contributed by atoms with E-state index < -0.39 is 0 Å². The van der Waals surface area contributed by atoms with Crippen LogP contribution >= 0.6 is 11.6 Å². The van der Waals surface area contributed by atoms with Gasteiger partial charge in [0.15, 0.2) is 6.79 Å². The van der Waals surface area contributed by atoms with Crippen molar-refractivity contribution in [1.29, 1.82) is 5.26 Å². The van der Waals surface area contributed by atoms with Gasteiger partial charge in [0.1, 0.15) is 5.75 Å². The fourth-order valence-electron chi connectivity index (χ4n) is 2.47. The average molecular weight is 404 g/mol. The topological polar surface area (TPSA) is 60.7 Å². The smallest absolute Gasteiger partial charge is 0.189 e. The Balaban J connectivity index is 1.74. The van der Waals surface area contributed by atoms with Crippen LogP contribution < -0.4 is 4.74 Å². The molecule has 0 aliphatic rings. The van der Waals surface area contributed by atoms with Gasteiger partial charge in [0.25, 0.3) is 0 Å². The summed E-state index contributed by atoms with van der Waals surface area (Å²) in [5, 5.41) is 8.87. The number of nitrogens with zero attached hydrogens (tertiary/aromatic N) is 1. The summed E-state index contributed by atoms with van der Waals surface area (Å²) in [7, 11) is 1.62. The second-order valence-corrected chi connectivity index (χ2v) is 6.53.